The second-order valence-corrected chi connectivity index (χ2v) is 19.8. The zero-order chi connectivity index (χ0) is 50.0. The van der Waals surface area contributed by atoms with Crippen LogP contribution in [0.3, 0.4) is 0 Å². The fourth-order valence-corrected chi connectivity index (χ4v) is 7.71. The SMILES string of the molecule is CBc1ccc(OCC(=O)COC(C)CC(C)(CC)OCC(CC)(COCC(C)OC(=O)c2ccc(N(C)C)cc2)COC(C)(C)CC(C)OC(C)(CC)C(=O)c2ccc(N(C)C)cc2)cc1. The van der Waals surface area contributed by atoms with Gasteiger partial charge in [0.2, 0.25) is 0 Å². The molecule has 0 spiro atoms. The number of ether oxygens (including phenoxy) is 7. The molecule has 0 aliphatic rings. The van der Waals surface area contributed by atoms with Crippen molar-refractivity contribution in [1.82, 2.24) is 0 Å². The molecule has 0 bridgehead atoms. The van der Waals surface area contributed by atoms with Crippen molar-refractivity contribution in [3.8, 4) is 5.75 Å². The number of anilines is 2. The number of carbonyl (C=O) groups is 3. The first-order chi connectivity index (χ1) is 31.5. The predicted molar refractivity (Wildman–Crippen MR) is 272 cm³/mol. The lowest BCUT2D eigenvalue weighted by atomic mass is 9.73. The van der Waals surface area contributed by atoms with E-state index in [1.807, 2.05) is 147 Å². The van der Waals surface area contributed by atoms with E-state index in [-0.39, 0.29) is 50.2 Å². The maximum atomic E-state index is 13.8. The molecule has 372 valence electrons. The molecule has 0 heterocycles. The van der Waals surface area contributed by atoms with E-state index in [1.54, 1.807) is 12.1 Å². The molecule has 0 aliphatic heterocycles. The molecular weight excluding hydrogens is 847 g/mol. The second kappa shape index (κ2) is 26.5. The minimum Gasteiger partial charge on any atom is -0.486 e. The van der Waals surface area contributed by atoms with Crippen LogP contribution in [0.5, 0.6) is 5.75 Å². The van der Waals surface area contributed by atoms with Gasteiger partial charge in [0.05, 0.1) is 55.4 Å². The first-order valence-corrected chi connectivity index (χ1v) is 24.2. The second-order valence-electron chi connectivity index (χ2n) is 19.8. The molecule has 6 unspecified atom stereocenters. The Labute approximate surface area is 403 Å². The molecule has 3 rings (SSSR count). The van der Waals surface area contributed by atoms with Gasteiger partial charge in [0.1, 0.15) is 30.7 Å². The maximum absolute atomic E-state index is 13.8. The minimum atomic E-state index is -1.02. The fourth-order valence-electron chi connectivity index (χ4n) is 7.71. The normalized spacial score (nSPS) is 15.8. The highest BCUT2D eigenvalue weighted by molar-refractivity contribution is 6.51. The van der Waals surface area contributed by atoms with Gasteiger partial charge in [0.25, 0.3) is 0 Å². The highest BCUT2D eigenvalue weighted by atomic mass is 16.6. The van der Waals surface area contributed by atoms with Crippen molar-refractivity contribution in [1.29, 1.82) is 0 Å². The number of ketones is 2. The van der Waals surface area contributed by atoms with E-state index in [0.29, 0.717) is 62.2 Å². The third-order valence-electron chi connectivity index (χ3n) is 12.7. The number of hydrogen-bond acceptors (Lipinski definition) is 12. The summed E-state index contributed by atoms with van der Waals surface area (Å²) in [5.74, 6) is 0.0386. The van der Waals surface area contributed by atoms with E-state index in [9.17, 15) is 14.4 Å². The summed E-state index contributed by atoms with van der Waals surface area (Å²) in [6.45, 7) is 23.0. The van der Waals surface area contributed by atoms with E-state index in [4.69, 9.17) is 33.2 Å². The van der Waals surface area contributed by atoms with Crippen LogP contribution in [-0.4, -0.2) is 128 Å². The van der Waals surface area contributed by atoms with Gasteiger partial charge in [0.15, 0.2) is 18.8 Å². The Kier molecular flexibility index (Phi) is 22.5. The van der Waals surface area contributed by atoms with Crippen LogP contribution < -0.4 is 20.0 Å². The molecule has 0 aromatic heterocycles. The van der Waals surface area contributed by atoms with Gasteiger partial charge in [-0.1, -0.05) is 45.2 Å². The fraction of sp³-hybridized carbons (Fsp3) is 0.611. The Morgan fingerprint density at radius 2 is 1.21 bits per heavy atom. The predicted octanol–water partition coefficient (Wildman–Crippen LogP) is 9.16. The molecule has 3 aromatic carbocycles. The smallest absolute Gasteiger partial charge is 0.338 e. The number of benzene rings is 3. The summed E-state index contributed by atoms with van der Waals surface area (Å²) >= 11 is 0. The Balaban J connectivity index is 1.70. The zero-order valence-corrected chi connectivity index (χ0v) is 43.6. The Morgan fingerprint density at radius 1 is 0.642 bits per heavy atom. The third kappa shape index (κ3) is 18.6. The van der Waals surface area contributed by atoms with Gasteiger partial charge in [-0.25, -0.2) is 4.79 Å². The number of nitrogens with zero attached hydrogens (tertiary/aromatic N) is 2. The van der Waals surface area contributed by atoms with Gasteiger partial charge in [0, 0.05) is 63.4 Å². The van der Waals surface area contributed by atoms with Gasteiger partial charge in [-0.05, 0) is 128 Å². The van der Waals surface area contributed by atoms with Gasteiger partial charge in [-0.3, -0.25) is 9.59 Å². The van der Waals surface area contributed by atoms with Crippen molar-refractivity contribution in [3.05, 3.63) is 83.9 Å². The molecule has 0 fully saturated rings. The summed E-state index contributed by atoms with van der Waals surface area (Å²) in [4.78, 5) is 43.6. The molecule has 0 amide bonds. The van der Waals surface area contributed by atoms with Crippen LogP contribution in [-0.2, 0) is 33.2 Å². The van der Waals surface area contributed by atoms with Crippen molar-refractivity contribution in [2.75, 3.05) is 77.6 Å². The van der Waals surface area contributed by atoms with E-state index in [1.165, 1.54) is 5.46 Å². The average Bonchev–Trinajstić information content (AvgIpc) is 3.30. The number of esters is 1. The van der Waals surface area contributed by atoms with Crippen molar-refractivity contribution < 1.29 is 47.5 Å². The minimum absolute atomic E-state index is 0.0555. The van der Waals surface area contributed by atoms with Crippen molar-refractivity contribution in [2.45, 2.75) is 143 Å². The Morgan fingerprint density at radius 3 is 1.73 bits per heavy atom. The summed E-state index contributed by atoms with van der Waals surface area (Å²) < 4.78 is 44.2. The van der Waals surface area contributed by atoms with Gasteiger partial charge >= 0.3 is 5.97 Å². The number of hydrogen-bond donors (Lipinski definition) is 0. The van der Waals surface area contributed by atoms with Gasteiger partial charge in [-0.15, -0.1) is 0 Å². The van der Waals surface area contributed by atoms with E-state index < -0.39 is 34.3 Å². The largest absolute Gasteiger partial charge is 0.486 e. The maximum Gasteiger partial charge on any atom is 0.338 e. The summed E-state index contributed by atoms with van der Waals surface area (Å²) in [6.07, 6.45) is 1.86. The first-order valence-electron chi connectivity index (χ1n) is 24.2. The van der Waals surface area contributed by atoms with Gasteiger partial charge in [-0.2, -0.15) is 0 Å². The summed E-state index contributed by atoms with van der Waals surface area (Å²) in [5, 5.41) is 0. The molecular formula is C54H83BN2O10. The van der Waals surface area contributed by atoms with Crippen LogP contribution in [0.15, 0.2) is 72.8 Å². The third-order valence-corrected chi connectivity index (χ3v) is 12.7. The van der Waals surface area contributed by atoms with Gasteiger partial charge < -0.3 is 43.0 Å². The van der Waals surface area contributed by atoms with E-state index in [2.05, 4.69) is 27.6 Å². The number of rotatable bonds is 32. The first kappa shape index (κ1) is 57.1. The van der Waals surface area contributed by atoms with E-state index in [0.717, 1.165) is 18.7 Å². The Hall–Kier alpha value is -4.27. The highest BCUT2D eigenvalue weighted by Gasteiger charge is 2.39. The van der Waals surface area contributed by atoms with E-state index >= 15 is 0 Å². The van der Waals surface area contributed by atoms with Crippen molar-refractivity contribution in [3.63, 3.8) is 0 Å². The van der Waals surface area contributed by atoms with Crippen molar-refractivity contribution >= 4 is 41.7 Å². The number of Topliss-reactive ketones (excluding diaryl/α,β-unsaturated/α-hetero) is 2. The zero-order valence-electron chi connectivity index (χ0n) is 43.6. The lowest BCUT2D eigenvalue weighted by Crippen LogP contribution is -2.46. The monoisotopic (exact) mass is 931 g/mol. The molecule has 12 nitrogen and oxygen atoms in total. The summed E-state index contributed by atoms with van der Waals surface area (Å²) in [6, 6.07) is 22.7. The van der Waals surface area contributed by atoms with Crippen LogP contribution in [0.4, 0.5) is 11.4 Å². The van der Waals surface area contributed by atoms with Crippen molar-refractivity contribution in [2.24, 2.45) is 5.41 Å². The van der Waals surface area contributed by atoms with Crippen LogP contribution in [0, 0.1) is 5.41 Å². The molecule has 0 saturated heterocycles. The molecule has 0 saturated carbocycles. The lowest BCUT2D eigenvalue weighted by Gasteiger charge is -2.41. The van der Waals surface area contributed by atoms with Crippen LogP contribution in [0.1, 0.15) is 122 Å². The summed E-state index contributed by atoms with van der Waals surface area (Å²) in [7, 11) is 8.77. The quantitative estimate of drug-likeness (QED) is 0.0337. The lowest BCUT2D eigenvalue weighted by molar-refractivity contribution is -0.163. The molecule has 0 N–H and O–H groups in total. The van der Waals surface area contributed by atoms with Crippen LogP contribution in [0.25, 0.3) is 0 Å². The summed E-state index contributed by atoms with van der Waals surface area (Å²) in [5.41, 5.74) is 1.44. The Bertz CT molecular complexity index is 1960. The molecule has 0 radical (unpaired) electrons. The highest BCUT2D eigenvalue weighted by Crippen LogP contribution is 2.34. The number of carbonyl (C=O) groups excluding carboxylic acids is 3. The molecule has 13 heteroatoms. The molecule has 3 aromatic rings. The van der Waals surface area contributed by atoms with Crippen LogP contribution in [0.2, 0.25) is 6.82 Å². The molecule has 6 atom stereocenters. The molecule has 0 aliphatic carbocycles. The standard InChI is InChI=1S/C54H83BN2O10/c1-16-52(9,32-39(4)62-34-47(58)35-63-48-29-23-44(55-11)24-30-48)65-38-54(18-3,36-61-33-41(6)66-50(60)43-21-27-46(28-22-43)57(14)15)37-64-51(7,8)31-40(5)67-53(10,17-2)49(59)42-19-25-45(26-20-42)56(12)13/h19-30,39-41,55H,16-18,31-38H2,1-15H3. The topological polar surface area (TPSA) is 122 Å². The molecule has 67 heavy (non-hydrogen) atoms. The average molecular weight is 931 g/mol. The van der Waals surface area contributed by atoms with Crippen LogP contribution >= 0.6 is 0 Å².